The van der Waals surface area contributed by atoms with E-state index in [1.54, 1.807) is 43.3 Å². The van der Waals surface area contributed by atoms with E-state index in [1.165, 1.54) is 12.1 Å². The molecule has 31 heavy (non-hydrogen) atoms. The van der Waals surface area contributed by atoms with Crippen LogP contribution in [0.25, 0.3) is 0 Å². The topological polar surface area (TPSA) is 83.7 Å². The number of benzene rings is 2. The Morgan fingerprint density at radius 2 is 1.81 bits per heavy atom. The van der Waals surface area contributed by atoms with Crippen LogP contribution in [0.3, 0.4) is 0 Å². The zero-order chi connectivity index (χ0) is 22.0. The van der Waals surface area contributed by atoms with Gasteiger partial charge in [0, 0.05) is 17.5 Å². The molecule has 1 aliphatic rings. The van der Waals surface area contributed by atoms with Crippen molar-refractivity contribution in [3.63, 3.8) is 0 Å². The van der Waals surface area contributed by atoms with Gasteiger partial charge in [0.1, 0.15) is 11.6 Å². The molecule has 1 aromatic heterocycles. The van der Waals surface area contributed by atoms with Crippen LogP contribution in [0.4, 0.5) is 10.1 Å². The van der Waals surface area contributed by atoms with E-state index in [0.717, 1.165) is 6.42 Å². The van der Waals surface area contributed by atoms with Crippen molar-refractivity contribution in [2.45, 2.75) is 26.2 Å². The molecule has 8 heteroatoms. The summed E-state index contributed by atoms with van der Waals surface area (Å²) >= 11 is 6.07. The molecule has 2 N–H and O–H groups in total. The molecule has 0 radical (unpaired) electrons. The Balaban J connectivity index is 1.59. The molecule has 158 valence electrons. The lowest BCUT2D eigenvalue weighted by Gasteiger charge is -2.13. The molecule has 0 saturated carbocycles. The average molecular weight is 440 g/mol. The summed E-state index contributed by atoms with van der Waals surface area (Å²) in [4.78, 5) is 25.1. The molecule has 1 aliphatic carbocycles. The van der Waals surface area contributed by atoms with Crippen molar-refractivity contribution in [1.82, 2.24) is 5.43 Å². The highest BCUT2D eigenvalue weighted by Gasteiger charge is 2.28. The molecule has 3 aromatic rings. The molecule has 0 spiro atoms. The van der Waals surface area contributed by atoms with E-state index in [-0.39, 0.29) is 11.4 Å². The molecule has 0 bridgehead atoms. The van der Waals surface area contributed by atoms with Crippen LogP contribution in [0.2, 0.25) is 5.02 Å². The fourth-order valence-corrected chi connectivity index (χ4v) is 3.78. The number of hydrazone groups is 1. The summed E-state index contributed by atoms with van der Waals surface area (Å²) in [5.41, 5.74) is 4.83. The van der Waals surface area contributed by atoms with Crippen LogP contribution in [0, 0.1) is 12.7 Å². The Morgan fingerprint density at radius 3 is 2.58 bits per heavy atom. The van der Waals surface area contributed by atoms with E-state index in [9.17, 15) is 14.0 Å². The molecule has 4 rings (SSSR count). The second kappa shape index (κ2) is 8.73. The summed E-state index contributed by atoms with van der Waals surface area (Å²) in [6.07, 6.45) is 2.01. The Bertz CT molecular complexity index is 1200. The Labute approximate surface area is 183 Å². The van der Waals surface area contributed by atoms with Crippen molar-refractivity contribution in [3.8, 4) is 0 Å². The number of hydrogen-bond donors (Lipinski definition) is 2. The van der Waals surface area contributed by atoms with Crippen molar-refractivity contribution >= 4 is 34.8 Å². The van der Waals surface area contributed by atoms with E-state index in [2.05, 4.69) is 15.8 Å². The SMILES string of the molecule is Cc1c(C(=O)Nc2ccccc2F)oc2c1/C(=N/NC(=O)c1ccccc1Cl)CCC2. The number of hydrogen-bond acceptors (Lipinski definition) is 4. The van der Waals surface area contributed by atoms with Crippen LogP contribution < -0.4 is 10.7 Å². The highest BCUT2D eigenvalue weighted by atomic mass is 35.5. The maximum atomic E-state index is 13.9. The number of para-hydroxylation sites is 1. The minimum atomic E-state index is -0.545. The summed E-state index contributed by atoms with van der Waals surface area (Å²) in [5.74, 6) is -0.789. The monoisotopic (exact) mass is 439 g/mol. The first-order chi connectivity index (χ1) is 15.0. The molecule has 0 aliphatic heterocycles. The Kier molecular flexibility index (Phi) is 5.86. The summed E-state index contributed by atoms with van der Waals surface area (Å²) < 4.78 is 19.7. The van der Waals surface area contributed by atoms with Gasteiger partial charge in [-0.3, -0.25) is 9.59 Å². The number of furan rings is 1. The van der Waals surface area contributed by atoms with E-state index in [1.807, 2.05) is 0 Å². The number of anilines is 1. The van der Waals surface area contributed by atoms with Gasteiger partial charge in [-0.2, -0.15) is 5.10 Å². The first-order valence-corrected chi connectivity index (χ1v) is 10.1. The third kappa shape index (κ3) is 4.22. The smallest absolute Gasteiger partial charge is 0.291 e. The lowest BCUT2D eigenvalue weighted by molar-refractivity contribution is 0.0953. The number of fused-ring (bicyclic) bond motifs is 1. The number of carbonyl (C=O) groups is 2. The van der Waals surface area contributed by atoms with Crippen molar-refractivity contribution in [3.05, 3.63) is 87.6 Å². The van der Waals surface area contributed by atoms with Crippen molar-refractivity contribution < 1.29 is 18.4 Å². The maximum absolute atomic E-state index is 13.9. The Hall–Kier alpha value is -3.45. The van der Waals surface area contributed by atoms with E-state index in [0.29, 0.717) is 46.0 Å². The molecular formula is C23H19ClFN3O3. The quantitative estimate of drug-likeness (QED) is 0.554. The molecule has 2 amide bonds. The number of rotatable bonds is 4. The number of carbonyl (C=O) groups excluding carboxylic acids is 2. The zero-order valence-electron chi connectivity index (χ0n) is 16.7. The van der Waals surface area contributed by atoms with Gasteiger partial charge in [-0.05, 0) is 44.0 Å². The number of nitrogens with zero attached hydrogens (tertiary/aromatic N) is 1. The highest BCUT2D eigenvalue weighted by molar-refractivity contribution is 6.33. The lowest BCUT2D eigenvalue weighted by Crippen LogP contribution is -2.22. The normalized spacial score (nSPS) is 14.2. The van der Waals surface area contributed by atoms with Gasteiger partial charge in [0.2, 0.25) is 0 Å². The van der Waals surface area contributed by atoms with Crippen molar-refractivity contribution in [2.24, 2.45) is 5.10 Å². The van der Waals surface area contributed by atoms with Gasteiger partial charge in [-0.25, -0.2) is 9.82 Å². The number of amides is 2. The number of halogens is 2. The zero-order valence-corrected chi connectivity index (χ0v) is 17.4. The molecule has 0 saturated heterocycles. The molecular weight excluding hydrogens is 421 g/mol. The summed E-state index contributed by atoms with van der Waals surface area (Å²) in [6.45, 7) is 1.75. The Morgan fingerprint density at radius 1 is 1.06 bits per heavy atom. The number of aryl methyl sites for hydroxylation is 1. The second-order valence-corrected chi connectivity index (χ2v) is 7.53. The number of nitrogens with one attached hydrogen (secondary N) is 2. The molecule has 0 fully saturated rings. The third-order valence-electron chi connectivity index (χ3n) is 5.06. The molecule has 2 aromatic carbocycles. The minimum absolute atomic E-state index is 0.0714. The van der Waals surface area contributed by atoms with Crippen LogP contribution in [0.1, 0.15) is 50.6 Å². The molecule has 0 unspecified atom stereocenters. The molecule has 1 heterocycles. The minimum Gasteiger partial charge on any atom is -0.455 e. The van der Waals surface area contributed by atoms with Crippen molar-refractivity contribution in [1.29, 1.82) is 0 Å². The van der Waals surface area contributed by atoms with E-state index in [4.69, 9.17) is 16.0 Å². The highest BCUT2D eigenvalue weighted by Crippen LogP contribution is 2.30. The van der Waals surface area contributed by atoms with Gasteiger partial charge in [0.05, 0.1) is 22.0 Å². The lowest BCUT2D eigenvalue weighted by atomic mass is 9.93. The maximum Gasteiger partial charge on any atom is 0.291 e. The van der Waals surface area contributed by atoms with Crippen LogP contribution in [0.15, 0.2) is 58.0 Å². The van der Waals surface area contributed by atoms with Gasteiger partial charge in [0.15, 0.2) is 5.76 Å². The first kappa shape index (κ1) is 20.8. The van der Waals surface area contributed by atoms with Gasteiger partial charge in [-0.15, -0.1) is 0 Å². The standard InChI is InChI=1S/C23H19ClFN3O3/c1-13-20-18(27-28-22(29)14-7-2-3-8-15(14)24)11-6-12-19(20)31-21(13)23(30)26-17-10-5-4-9-16(17)25/h2-5,7-10H,6,11-12H2,1H3,(H,26,30)(H,28,29)/b27-18+. The summed E-state index contributed by atoms with van der Waals surface area (Å²) in [7, 11) is 0. The van der Waals surface area contributed by atoms with Gasteiger partial charge < -0.3 is 9.73 Å². The fraction of sp³-hybridized carbons (Fsp3) is 0.174. The van der Waals surface area contributed by atoms with Crippen LogP contribution >= 0.6 is 11.6 Å². The molecule has 6 nitrogen and oxygen atoms in total. The predicted molar refractivity (Wildman–Crippen MR) is 116 cm³/mol. The predicted octanol–water partition coefficient (Wildman–Crippen LogP) is 5.10. The molecule has 0 atom stereocenters. The first-order valence-electron chi connectivity index (χ1n) is 9.75. The summed E-state index contributed by atoms with van der Waals surface area (Å²) in [5, 5.41) is 7.15. The summed E-state index contributed by atoms with van der Waals surface area (Å²) in [6, 6.07) is 12.6. The van der Waals surface area contributed by atoms with Gasteiger partial charge in [0.25, 0.3) is 11.8 Å². The largest absolute Gasteiger partial charge is 0.455 e. The second-order valence-electron chi connectivity index (χ2n) is 7.12. The van der Waals surface area contributed by atoms with Gasteiger partial charge in [-0.1, -0.05) is 35.9 Å². The fourth-order valence-electron chi connectivity index (χ4n) is 3.56. The van der Waals surface area contributed by atoms with Crippen LogP contribution in [-0.4, -0.2) is 17.5 Å². The van der Waals surface area contributed by atoms with Crippen LogP contribution in [-0.2, 0) is 6.42 Å². The van der Waals surface area contributed by atoms with E-state index < -0.39 is 17.6 Å². The van der Waals surface area contributed by atoms with E-state index >= 15 is 0 Å². The van der Waals surface area contributed by atoms with Crippen LogP contribution in [0.5, 0.6) is 0 Å². The van der Waals surface area contributed by atoms with Crippen molar-refractivity contribution in [2.75, 3.05) is 5.32 Å². The van der Waals surface area contributed by atoms with Gasteiger partial charge >= 0.3 is 0 Å². The third-order valence-corrected chi connectivity index (χ3v) is 5.39. The average Bonchev–Trinajstić information content (AvgIpc) is 3.11.